The van der Waals surface area contributed by atoms with Crippen LogP contribution in [0.4, 0.5) is 0 Å². The molecule has 4 rings (SSSR count). The van der Waals surface area contributed by atoms with Crippen molar-refractivity contribution in [2.75, 3.05) is 7.05 Å². The average Bonchev–Trinajstić information content (AvgIpc) is 3.25. The van der Waals surface area contributed by atoms with Gasteiger partial charge < -0.3 is 0 Å². The van der Waals surface area contributed by atoms with Crippen LogP contribution in [-0.2, 0) is 0 Å². The Bertz CT molecular complexity index is 1140. The zero-order chi connectivity index (χ0) is 17.2. The van der Waals surface area contributed by atoms with Gasteiger partial charge in [0.1, 0.15) is 6.34 Å². The predicted molar refractivity (Wildman–Crippen MR) is 109 cm³/mol. The standard InChI is InChI=1S/C18H13N5S2/c1-19-10-23-18(20-2)13-9-25-16-12(8-24-17(13)16)11-3-4-14-15(7-11)22-6-5-21-14/h3-10H,1H2,2H3/b20-18-,23-10-. The van der Waals surface area contributed by atoms with Gasteiger partial charge in [0.25, 0.3) is 0 Å². The quantitative estimate of drug-likeness (QED) is 0.392. The topological polar surface area (TPSA) is 62.9 Å². The normalized spacial score (nSPS) is 12.4. The van der Waals surface area contributed by atoms with Gasteiger partial charge in [0.05, 0.1) is 20.4 Å². The monoisotopic (exact) mass is 363 g/mol. The molecule has 5 nitrogen and oxygen atoms in total. The highest BCUT2D eigenvalue weighted by Crippen LogP contribution is 2.40. The molecule has 0 amide bonds. The van der Waals surface area contributed by atoms with Gasteiger partial charge in [-0.15, -0.1) is 22.7 Å². The first-order chi connectivity index (χ1) is 12.3. The summed E-state index contributed by atoms with van der Waals surface area (Å²) in [5.41, 5.74) is 5.16. The van der Waals surface area contributed by atoms with Gasteiger partial charge in [-0.1, -0.05) is 6.07 Å². The minimum atomic E-state index is 0.663. The molecule has 122 valence electrons. The molecule has 0 saturated heterocycles. The Morgan fingerprint density at radius 3 is 2.68 bits per heavy atom. The fourth-order valence-electron chi connectivity index (χ4n) is 2.65. The number of thiophene rings is 2. The first-order valence-corrected chi connectivity index (χ1v) is 9.23. The van der Waals surface area contributed by atoms with E-state index in [1.807, 2.05) is 6.07 Å². The van der Waals surface area contributed by atoms with Gasteiger partial charge >= 0.3 is 0 Å². The summed E-state index contributed by atoms with van der Waals surface area (Å²) in [5, 5.41) is 4.26. The van der Waals surface area contributed by atoms with E-state index < -0.39 is 0 Å². The first kappa shape index (κ1) is 15.7. The van der Waals surface area contributed by atoms with Gasteiger partial charge in [-0.05, 0) is 24.4 Å². The third kappa shape index (κ3) is 2.77. The second-order valence-electron chi connectivity index (χ2n) is 5.19. The molecule has 0 spiro atoms. The number of amidine groups is 1. The van der Waals surface area contributed by atoms with Gasteiger partial charge in [0.2, 0.25) is 0 Å². The van der Waals surface area contributed by atoms with Gasteiger partial charge in [0, 0.05) is 41.3 Å². The average molecular weight is 363 g/mol. The summed E-state index contributed by atoms with van der Waals surface area (Å²) < 4.78 is 2.41. The Morgan fingerprint density at radius 1 is 1.08 bits per heavy atom. The number of aromatic nitrogens is 2. The van der Waals surface area contributed by atoms with Crippen LogP contribution in [0.5, 0.6) is 0 Å². The zero-order valence-corrected chi connectivity index (χ0v) is 15.0. The van der Waals surface area contributed by atoms with Crippen LogP contribution in [0.2, 0.25) is 0 Å². The largest absolute Gasteiger partial charge is 0.270 e. The molecule has 0 N–H and O–H groups in total. The maximum atomic E-state index is 4.40. The van der Waals surface area contributed by atoms with Crippen LogP contribution in [0, 0.1) is 0 Å². The Kier molecular flexibility index (Phi) is 4.17. The maximum absolute atomic E-state index is 4.40. The van der Waals surface area contributed by atoms with Gasteiger partial charge in [-0.25, -0.2) is 4.99 Å². The zero-order valence-electron chi connectivity index (χ0n) is 13.4. The fourth-order valence-corrected chi connectivity index (χ4v) is 5.05. The van der Waals surface area contributed by atoms with E-state index in [2.05, 4.69) is 54.6 Å². The lowest BCUT2D eigenvalue weighted by Crippen LogP contribution is -1.94. The van der Waals surface area contributed by atoms with Crippen LogP contribution < -0.4 is 0 Å². The number of hydrogen-bond donors (Lipinski definition) is 0. The number of hydrogen-bond acceptors (Lipinski definition) is 5. The fraction of sp³-hybridized carbons (Fsp3) is 0.0556. The van der Waals surface area contributed by atoms with E-state index in [4.69, 9.17) is 0 Å². The van der Waals surface area contributed by atoms with Crippen molar-refractivity contribution in [3.05, 3.63) is 46.9 Å². The van der Waals surface area contributed by atoms with Crippen LogP contribution in [0.3, 0.4) is 0 Å². The van der Waals surface area contributed by atoms with Crippen molar-refractivity contribution in [2.24, 2.45) is 15.0 Å². The molecule has 0 aliphatic rings. The van der Waals surface area contributed by atoms with E-state index in [0.717, 1.165) is 22.2 Å². The number of rotatable bonds is 3. The molecule has 3 aromatic heterocycles. The Balaban J connectivity index is 1.84. The van der Waals surface area contributed by atoms with Crippen molar-refractivity contribution in [3.63, 3.8) is 0 Å². The molecule has 7 heteroatoms. The second-order valence-corrected chi connectivity index (χ2v) is 6.95. The maximum Gasteiger partial charge on any atom is 0.158 e. The van der Waals surface area contributed by atoms with Crippen LogP contribution in [0.1, 0.15) is 5.56 Å². The van der Waals surface area contributed by atoms with Gasteiger partial charge in [-0.2, -0.15) is 0 Å². The molecule has 25 heavy (non-hydrogen) atoms. The Hall–Kier alpha value is -2.77. The van der Waals surface area contributed by atoms with Gasteiger partial charge in [0.15, 0.2) is 5.84 Å². The molecule has 4 aromatic rings. The highest BCUT2D eigenvalue weighted by atomic mass is 32.1. The van der Waals surface area contributed by atoms with Crippen molar-refractivity contribution in [3.8, 4) is 11.1 Å². The van der Waals surface area contributed by atoms with Crippen LogP contribution in [0.25, 0.3) is 31.6 Å². The molecule has 0 saturated carbocycles. The highest BCUT2D eigenvalue weighted by Gasteiger charge is 2.15. The first-order valence-electron chi connectivity index (χ1n) is 7.47. The Morgan fingerprint density at radius 2 is 1.88 bits per heavy atom. The lowest BCUT2D eigenvalue weighted by atomic mass is 10.1. The van der Waals surface area contributed by atoms with Crippen LogP contribution in [0.15, 0.2) is 56.3 Å². The minimum absolute atomic E-state index is 0.663. The predicted octanol–water partition coefficient (Wildman–Crippen LogP) is 4.68. The summed E-state index contributed by atoms with van der Waals surface area (Å²) in [7, 11) is 1.73. The van der Waals surface area contributed by atoms with Crippen molar-refractivity contribution >= 4 is 62.0 Å². The molecule has 0 atom stereocenters. The SMILES string of the molecule is C=N/C=N\C(=N/C)c1csc2c(-c3ccc4nccnc4c3)csc12. The van der Waals surface area contributed by atoms with Gasteiger partial charge in [-0.3, -0.25) is 20.0 Å². The second kappa shape index (κ2) is 6.62. The molecular formula is C18H13N5S2. The molecular weight excluding hydrogens is 350 g/mol. The summed E-state index contributed by atoms with van der Waals surface area (Å²) in [6, 6.07) is 6.18. The van der Waals surface area contributed by atoms with E-state index in [1.165, 1.54) is 21.3 Å². The van der Waals surface area contributed by atoms with Crippen molar-refractivity contribution < 1.29 is 0 Å². The molecule has 0 aliphatic heterocycles. The molecule has 0 bridgehead atoms. The molecule has 0 radical (unpaired) electrons. The van der Waals surface area contributed by atoms with Crippen molar-refractivity contribution in [1.29, 1.82) is 0 Å². The number of benzene rings is 1. The Labute approximate surface area is 152 Å². The number of aliphatic imine (C=N–C) groups is 3. The third-order valence-corrected chi connectivity index (χ3v) is 5.94. The van der Waals surface area contributed by atoms with Crippen molar-refractivity contribution in [2.45, 2.75) is 0 Å². The lowest BCUT2D eigenvalue weighted by Gasteiger charge is -2.00. The summed E-state index contributed by atoms with van der Waals surface area (Å²) in [4.78, 5) is 20.9. The summed E-state index contributed by atoms with van der Waals surface area (Å²) in [5.74, 6) is 0.663. The van der Waals surface area contributed by atoms with E-state index in [0.29, 0.717) is 5.84 Å². The molecule has 0 unspecified atom stereocenters. The number of fused-ring (bicyclic) bond motifs is 2. The lowest BCUT2D eigenvalue weighted by molar-refractivity contribution is 1.29. The van der Waals surface area contributed by atoms with E-state index >= 15 is 0 Å². The van der Waals surface area contributed by atoms with E-state index in [9.17, 15) is 0 Å². The number of nitrogens with zero attached hydrogens (tertiary/aromatic N) is 5. The highest BCUT2D eigenvalue weighted by molar-refractivity contribution is 7.27. The van der Waals surface area contributed by atoms with Crippen LogP contribution >= 0.6 is 22.7 Å². The third-order valence-electron chi connectivity index (χ3n) is 3.78. The van der Waals surface area contributed by atoms with E-state index in [1.54, 1.807) is 42.1 Å². The minimum Gasteiger partial charge on any atom is -0.270 e. The molecule has 0 aliphatic carbocycles. The summed E-state index contributed by atoms with van der Waals surface area (Å²) in [6.07, 6.45) is 4.84. The molecule has 1 aromatic carbocycles. The summed E-state index contributed by atoms with van der Waals surface area (Å²) in [6.45, 7) is 3.42. The molecule has 0 fully saturated rings. The van der Waals surface area contributed by atoms with E-state index in [-0.39, 0.29) is 0 Å². The molecule has 3 heterocycles. The van der Waals surface area contributed by atoms with Crippen molar-refractivity contribution in [1.82, 2.24) is 9.97 Å². The smallest absolute Gasteiger partial charge is 0.158 e. The van der Waals surface area contributed by atoms with Crippen LogP contribution in [-0.4, -0.2) is 35.9 Å². The summed E-state index contributed by atoms with van der Waals surface area (Å²) >= 11 is 3.40.